The van der Waals surface area contributed by atoms with Crippen LogP contribution in [0.5, 0.6) is 0 Å². The Labute approximate surface area is 307 Å². The second kappa shape index (κ2) is 11.8. The van der Waals surface area contributed by atoms with E-state index in [9.17, 15) is 0 Å². The van der Waals surface area contributed by atoms with Crippen LogP contribution in [-0.4, -0.2) is 0 Å². The topological polar surface area (TPSA) is 3.24 Å². The van der Waals surface area contributed by atoms with Crippen molar-refractivity contribution in [2.45, 2.75) is 43.9 Å². The Morgan fingerprint density at radius 1 is 0.442 bits per heavy atom. The van der Waals surface area contributed by atoms with Gasteiger partial charge in [0.2, 0.25) is 0 Å². The van der Waals surface area contributed by atoms with E-state index in [1.54, 1.807) is 11.1 Å². The molecule has 0 saturated heterocycles. The first kappa shape index (κ1) is 30.2. The van der Waals surface area contributed by atoms with E-state index in [-0.39, 0.29) is 5.41 Å². The monoisotopic (exact) mass is 669 g/mol. The van der Waals surface area contributed by atoms with Crippen molar-refractivity contribution in [1.82, 2.24) is 0 Å². The zero-order chi connectivity index (χ0) is 34.2. The van der Waals surface area contributed by atoms with E-state index in [0.29, 0.717) is 5.92 Å². The Kier molecular flexibility index (Phi) is 6.88. The van der Waals surface area contributed by atoms with Crippen molar-refractivity contribution in [3.05, 3.63) is 175 Å². The summed E-state index contributed by atoms with van der Waals surface area (Å²) < 4.78 is 0. The van der Waals surface area contributed by atoms with E-state index in [0.717, 1.165) is 17.8 Å². The average molecular weight is 670 g/mol. The highest BCUT2D eigenvalue weighted by molar-refractivity contribution is 6.00. The fourth-order valence-electron chi connectivity index (χ4n) is 11.7. The molecule has 1 heteroatoms. The summed E-state index contributed by atoms with van der Waals surface area (Å²) >= 11 is 0. The smallest absolute Gasteiger partial charge is 0.0543 e. The lowest BCUT2D eigenvalue weighted by Gasteiger charge is -2.53. The molecule has 0 N–H and O–H groups in total. The largest absolute Gasteiger partial charge is 0.309 e. The maximum absolute atomic E-state index is 2.59. The summed E-state index contributed by atoms with van der Waals surface area (Å²) in [5.74, 6) is 3.24. The molecular formula is C51H43N. The third kappa shape index (κ3) is 4.41. The minimum absolute atomic E-state index is 0.100. The first-order chi connectivity index (χ1) is 25.8. The molecule has 52 heavy (non-hydrogen) atoms. The SMILES string of the molecule is c1ccc(-c2ccccc2N(c2cccc(-c3cccc4ccccc34)c2)c2cccc3c2-c2ccccc2C32C3CCC4CC(C3)CC2C4)cc1. The number of anilines is 3. The Morgan fingerprint density at radius 3 is 2.04 bits per heavy atom. The molecule has 7 aromatic rings. The summed E-state index contributed by atoms with van der Waals surface area (Å²) in [5, 5.41) is 2.55. The molecule has 4 saturated carbocycles. The molecule has 4 fully saturated rings. The van der Waals surface area contributed by atoms with Crippen molar-refractivity contribution in [3.63, 3.8) is 0 Å². The highest BCUT2D eigenvalue weighted by Gasteiger charge is 2.60. The van der Waals surface area contributed by atoms with Gasteiger partial charge in [-0.2, -0.15) is 0 Å². The summed E-state index contributed by atoms with van der Waals surface area (Å²) in [5.41, 5.74) is 14.8. The van der Waals surface area contributed by atoms with E-state index < -0.39 is 0 Å². The first-order valence-electron chi connectivity index (χ1n) is 19.5. The molecular weight excluding hydrogens is 627 g/mol. The van der Waals surface area contributed by atoms with Crippen LogP contribution in [0.1, 0.15) is 49.7 Å². The van der Waals surface area contributed by atoms with Crippen molar-refractivity contribution in [2.75, 3.05) is 4.90 Å². The zero-order valence-corrected chi connectivity index (χ0v) is 29.6. The van der Waals surface area contributed by atoms with Gasteiger partial charge in [0.1, 0.15) is 0 Å². The summed E-state index contributed by atoms with van der Waals surface area (Å²) in [6.07, 6.45) is 8.40. The van der Waals surface area contributed by atoms with Crippen LogP contribution in [0, 0.1) is 23.7 Å². The van der Waals surface area contributed by atoms with Crippen molar-refractivity contribution in [3.8, 4) is 33.4 Å². The van der Waals surface area contributed by atoms with Gasteiger partial charge in [-0.05, 0) is 124 Å². The number of fused-ring (bicyclic) bond motifs is 5. The normalized spacial score (nSPS) is 23.8. The molecule has 0 amide bonds. The highest BCUT2D eigenvalue weighted by Crippen LogP contribution is 2.69. The van der Waals surface area contributed by atoms with Crippen LogP contribution in [-0.2, 0) is 5.41 Å². The van der Waals surface area contributed by atoms with E-state index in [1.165, 1.54) is 99.7 Å². The van der Waals surface area contributed by atoms with E-state index in [2.05, 4.69) is 169 Å². The van der Waals surface area contributed by atoms with Crippen molar-refractivity contribution in [1.29, 1.82) is 0 Å². The first-order valence-corrected chi connectivity index (χ1v) is 19.5. The van der Waals surface area contributed by atoms with Crippen LogP contribution < -0.4 is 4.90 Å². The van der Waals surface area contributed by atoms with Gasteiger partial charge in [-0.3, -0.25) is 0 Å². The van der Waals surface area contributed by atoms with Gasteiger partial charge in [0.15, 0.2) is 0 Å². The zero-order valence-electron chi connectivity index (χ0n) is 29.6. The fraction of sp³-hybridized carbons (Fsp3) is 0.216. The lowest BCUT2D eigenvalue weighted by Crippen LogP contribution is -2.48. The van der Waals surface area contributed by atoms with Gasteiger partial charge in [-0.25, -0.2) is 0 Å². The summed E-state index contributed by atoms with van der Waals surface area (Å²) in [7, 11) is 0. The standard InChI is InChI=1S/C51H43N/c1-2-13-37(14-3-1)44-20-7-9-25-48(44)52(41-18-10-17-38(33-41)43-22-11-16-36-15-4-5-19-42(36)43)49-26-12-24-47-50(49)45-21-6-8-23-46(45)51(47)39-28-27-34-29-35(31-39)32-40(51)30-34/h1-26,33-35,39-40H,27-32H2. The van der Waals surface area contributed by atoms with E-state index in [1.807, 2.05) is 0 Å². The molecule has 0 radical (unpaired) electrons. The Bertz CT molecular complexity index is 2460. The van der Waals surface area contributed by atoms with Crippen molar-refractivity contribution < 1.29 is 0 Å². The number of hydrogen-bond donors (Lipinski definition) is 0. The van der Waals surface area contributed by atoms with E-state index in [4.69, 9.17) is 0 Å². The van der Waals surface area contributed by atoms with Gasteiger partial charge in [-0.1, -0.05) is 146 Å². The van der Waals surface area contributed by atoms with Gasteiger partial charge in [0.05, 0.1) is 11.4 Å². The molecule has 1 nitrogen and oxygen atoms in total. The van der Waals surface area contributed by atoms with Gasteiger partial charge in [-0.15, -0.1) is 0 Å². The Morgan fingerprint density at radius 2 is 1.10 bits per heavy atom. The molecule has 5 atom stereocenters. The summed E-state index contributed by atoms with van der Waals surface area (Å²) in [6, 6.07) is 61.6. The molecule has 0 aromatic heterocycles. The molecule has 0 heterocycles. The number of para-hydroxylation sites is 1. The third-order valence-corrected chi connectivity index (χ3v) is 13.5. The molecule has 7 aromatic carbocycles. The fourth-order valence-corrected chi connectivity index (χ4v) is 11.7. The van der Waals surface area contributed by atoms with Crippen molar-refractivity contribution >= 4 is 27.8 Å². The van der Waals surface area contributed by atoms with Gasteiger partial charge in [0, 0.05) is 22.2 Å². The van der Waals surface area contributed by atoms with E-state index >= 15 is 0 Å². The molecule has 1 spiro atoms. The van der Waals surface area contributed by atoms with Gasteiger partial charge in [0.25, 0.3) is 0 Å². The number of benzene rings is 7. The predicted octanol–water partition coefficient (Wildman–Crippen LogP) is 13.8. The van der Waals surface area contributed by atoms with Gasteiger partial charge >= 0.3 is 0 Å². The Hall–Kier alpha value is -5.40. The van der Waals surface area contributed by atoms with Crippen LogP contribution in [0.4, 0.5) is 17.1 Å². The van der Waals surface area contributed by atoms with Crippen LogP contribution in [0.15, 0.2) is 164 Å². The maximum Gasteiger partial charge on any atom is 0.0543 e. The Balaban J connectivity index is 1.18. The highest BCUT2D eigenvalue weighted by atomic mass is 15.1. The van der Waals surface area contributed by atoms with Crippen LogP contribution in [0.25, 0.3) is 44.2 Å². The van der Waals surface area contributed by atoms with Crippen LogP contribution >= 0.6 is 0 Å². The minimum atomic E-state index is 0.100. The minimum Gasteiger partial charge on any atom is -0.309 e. The number of hydrogen-bond acceptors (Lipinski definition) is 1. The molecule has 5 unspecified atom stereocenters. The maximum atomic E-state index is 2.59. The molecule has 5 aliphatic carbocycles. The molecule has 5 aliphatic rings. The summed E-state index contributed by atoms with van der Waals surface area (Å²) in [6.45, 7) is 0. The molecule has 12 rings (SSSR count). The third-order valence-electron chi connectivity index (χ3n) is 13.5. The molecule has 4 bridgehead atoms. The predicted molar refractivity (Wildman–Crippen MR) is 217 cm³/mol. The second-order valence-electron chi connectivity index (χ2n) is 16.1. The molecule has 0 aliphatic heterocycles. The average Bonchev–Trinajstić information content (AvgIpc) is 3.35. The van der Waals surface area contributed by atoms with Crippen LogP contribution in [0.2, 0.25) is 0 Å². The summed E-state index contributed by atoms with van der Waals surface area (Å²) in [4.78, 5) is 2.59. The lowest BCUT2D eigenvalue weighted by molar-refractivity contribution is 0.0618. The quantitative estimate of drug-likeness (QED) is 0.176. The number of rotatable bonds is 5. The lowest BCUT2D eigenvalue weighted by atomic mass is 9.51. The molecule has 252 valence electrons. The second-order valence-corrected chi connectivity index (χ2v) is 16.1. The van der Waals surface area contributed by atoms with Crippen LogP contribution in [0.3, 0.4) is 0 Å². The van der Waals surface area contributed by atoms with Crippen molar-refractivity contribution in [2.24, 2.45) is 23.7 Å². The number of nitrogens with zero attached hydrogens (tertiary/aromatic N) is 1. The van der Waals surface area contributed by atoms with Gasteiger partial charge < -0.3 is 4.90 Å².